The van der Waals surface area contributed by atoms with Crippen LogP contribution < -0.4 is 5.32 Å². The van der Waals surface area contributed by atoms with Gasteiger partial charge in [-0.1, -0.05) is 45.0 Å². The van der Waals surface area contributed by atoms with Gasteiger partial charge in [0.25, 0.3) is 0 Å². The van der Waals surface area contributed by atoms with Crippen LogP contribution in [0.3, 0.4) is 0 Å². The molecule has 0 aliphatic carbocycles. The van der Waals surface area contributed by atoms with Crippen LogP contribution in [0, 0.1) is 0 Å². The van der Waals surface area contributed by atoms with Crippen LogP contribution in [-0.4, -0.2) is 5.91 Å². The Hall–Kier alpha value is -1.31. The van der Waals surface area contributed by atoms with Crippen molar-refractivity contribution < 1.29 is 4.79 Å². The van der Waals surface area contributed by atoms with E-state index in [1.54, 1.807) is 6.92 Å². The summed E-state index contributed by atoms with van der Waals surface area (Å²) in [6.45, 7) is 10.1. The van der Waals surface area contributed by atoms with Gasteiger partial charge in [0.1, 0.15) is 0 Å². The lowest BCUT2D eigenvalue weighted by Crippen LogP contribution is -2.23. The molecule has 16 heavy (non-hydrogen) atoms. The van der Waals surface area contributed by atoms with Crippen molar-refractivity contribution in [1.82, 2.24) is 5.32 Å². The minimum Gasteiger partial charge on any atom is -0.350 e. The number of nitrogens with one attached hydrogen (secondary N) is 1. The Morgan fingerprint density at radius 3 is 2.06 bits per heavy atom. The quantitative estimate of drug-likeness (QED) is 0.813. The van der Waals surface area contributed by atoms with Crippen molar-refractivity contribution in [3.8, 4) is 0 Å². The smallest absolute Gasteiger partial charge is 0.217 e. The first kappa shape index (κ1) is 12.8. The topological polar surface area (TPSA) is 29.1 Å². The Morgan fingerprint density at radius 2 is 1.69 bits per heavy atom. The molecule has 1 amide bonds. The zero-order valence-electron chi connectivity index (χ0n) is 10.8. The average Bonchev–Trinajstić information content (AvgIpc) is 2.15. The highest BCUT2D eigenvalue weighted by atomic mass is 16.1. The predicted octanol–water partition coefficient (Wildman–Crippen LogP) is 3.18. The summed E-state index contributed by atoms with van der Waals surface area (Å²) in [7, 11) is 0. The SMILES string of the molecule is CC(=O)NC(C)c1ccc(C(C)(C)C)cc1. The summed E-state index contributed by atoms with van der Waals surface area (Å²) in [6, 6.07) is 8.51. The Labute approximate surface area is 98.1 Å². The molecule has 0 fully saturated rings. The van der Waals surface area contributed by atoms with Crippen LogP contribution in [0.2, 0.25) is 0 Å². The number of amides is 1. The van der Waals surface area contributed by atoms with Crippen molar-refractivity contribution in [2.75, 3.05) is 0 Å². The van der Waals surface area contributed by atoms with E-state index in [4.69, 9.17) is 0 Å². The molecule has 1 unspecified atom stereocenters. The van der Waals surface area contributed by atoms with Gasteiger partial charge in [0, 0.05) is 6.92 Å². The van der Waals surface area contributed by atoms with Gasteiger partial charge < -0.3 is 5.32 Å². The Balaban J connectivity index is 2.83. The number of hydrogen-bond acceptors (Lipinski definition) is 1. The number of carbonyl (C=O) groups excluding carboxylic acids is 1. The van der Waals surface area contributed by atoms with E-state index in [1.165, 1.54) is 5.56 Å². The normalized spacial score (nSPS) is 13.3. The molecule has 0 bridgehead atoms. The minimum absolute atomic E-state index is 0.00685. The Bertz CT molecular complexity index is 359. The van der Waals surface area contributed by atoms with Gasteiger partial charge in [0.15, 0.2) is 0 Å². The molecular formula is C14H21NO. The predicted molar refractivity (Wildman–Crippen MR) is 67.4 cm³/mol. The third-order valence-corrected chi connectivity index (χ3v) is 2.70. The molecule has 0 spiro atoms. The molecule has 1 aromatic rings. The molecule has 0 aliphatic heterocycles. The van der Waals surface area contributed by atoms with Crippen LogP contribution in [-0.2, 0) is 10.2 Å². The third-order valence-electron chi connectivity index (χ3n) is 2.70. The van der Waals surface area contributed by atoms with E-state index >= 15 is 0 Å². The van der Waals surface area contributed by atoms with Gasteiger partial charge in [0.05, 0.1) is 6.04 Å². The molecule has 0 saturated heterocycles. The van der Waals surface area contributed by atoms with Gasteiger partial charge in [-0.25, -0.2) is 0 Å². The molecule has 1 atom stereocenters. The lowest BCUT2D eigenvalue weighted by atomic mass is 9.86. The molecule has 1 aromatic carbocycles. The van der Waals surface area contributed by atoms with Crippen molar-refractivity contribution in [3.63, 3.8) is 0 Å². The monoisotopic (exact) mass is 219 g/mol. The van der Waals surface area contributed by atoms with Gasteiger partial charge in [-0.15, -0.1) is 0 Å². The van der Waals surface area contributed by atoms with Crippen molar-refractivity contribution in [1.29, 1.82) is 0 Å². The highest BCUT2D eigenvalue weighted by Crippen LogP contribution is 2.23. The van der Waals surface area contributed by atoms with E-state index in [9.17, 15) is 4.79 Å². The van der Waals surface area contributed by atoms with Crippen molar-refractivity contribution in [3.05, 3.63) is 35.4 Å². The molecule has 0 radical (unpaired) electrons. The van der Waals surface area contributed by atoms with E-state index < -0.39 is 0 Å². The van der Waals surface area contributed by atoms with Crippen LogP contribution in [0.5, 0.6) is 0 Å². The largest absolute Gasteiger partial charge is 0.350 e. The van der Waals surface area contributed by atoms with Crippen LogP contribution in [0.4, 0.5) is 0 Å². The summed E-state index contributed by atoms with van der Waals surface area (Å²) in [5.74, 6) is 0.00685. The molecule has 2 heteroatoms. The fourth-order valence-electron chi connectivity index (χ4n) is 1.66. The van der Waals surface area contributed by atoms with Crippen LogP contribution in [0.25, 0.3) is 0 Å². The zero-order chi connectivity index (χ0) is 12.3. The number of hydrogen-bond donors (Lipinski definition) is 1. The molecular weight excluding hydrogens is 198 g/mol. The van der Waals surface area contributed by atoms with E-state index in [-0.39, 0.29) is 17.4 Å². The van der Waals surface area contributed by atoms with Gasteiger partial charge in [0.2, 0.25) is 5.91 Å². The molecule has 0 aliphatic rings. The standard InChI is InChI=1S/C14H21NO/c1-10(15-11(2)16)12-6-8-13(9-7-12)14(3,4)5/h6-10H,1-5H3,(H,15,16). The molecule has 1 N–H and O–H groups in total. The lowest BCUT2D eigenvalue weighted by Gasteiger charge is -2.20. The van der Waals surface area contributed by atoms with Gasteiger partial charge in [-0.3, -0.25) is 4.79 Å². The summed E-state index contributed by atoms with van der Waals surface area (Å²) in [5.41, 5.74) is 2.63. The highest BCUT2D eigenvalue weighted by molar-refractivity contribution is 5.73. The van der Waals surface area contributed by atoms with Gasteiger partial charge in [-0.2, -0.15) is 0 Å². The van der Waals surface area contributed by atoms with Gasteiger partial charge in [-0.05, 0) is 23.5 Å². The van der Waals surface area contributed by atoms with Crippen LogP contribution in [0.15, 0.2) is 24.3 Å². The molecule has 2 nitrogen and oxygen atoms in total. The number of rotatable bonds is 2. The zero-order valence-corrected chi connectivity index (χ0v) is 10.8. The first-order chi connectivity index (χ1) is 7.30. The van der Waals surface area contributed by atoms with Crippen molar-refractivity contribution >= 4 is 5.91 Å². The maximum Gasteiger partial charge on any atom is 0.217 e. The number of carbonyl (C=O) groups is 1. The van der Waals surface area contributed by atoms with Crippen LogP contribution in [0.1, 0.15) is 51.8 Å². The molecule has 0 saturated carbocycles. The first-order valence-electron chi connectivity index (χ1n) is 5.68. The molecule has 0 aromatic heterocycles. The second-order valence-electron chi connectivity index (χ2n) is 5.29. The van der Waals surface area contributed by atoms with Crippen molar-refractivity contribution in [2.45, 2.75) is 46.1 Å². The lowest BCUT2D eigenvalue weighted by molar-refractivity contribution is -0.119. The highest BCUT2D eigenvalue weighted by Gasteiger charge is 2.14. The second-order valence-corrected chi connectivity index (χ2v) is 5.29. The summed E-state index contributed by atoms with van der Waals surface area (Å²) >= 11 is 0. The van der Waals surface area contributed by atoms with Crippen molar-refractivity contribution in [2.24, 2.45) is 0 Å². The number of benzene rings is 1. The maximum atomic E-state index is 10.9. The van der Waals surface area contributed by atoms with E-state index in [2.05, 4.69) is 50.4 Å². The minimum atomic E-state index is 0.00685. The first-order valence-corrected chi connectivity index (χ1v) is 5.68. The van der Waals surface area contributed by atoms with Gasteiger partial charge >= 0.3 is 0 Å². The summed E-state index contributed by atoms with van der Waals surface area (Å²) < 4.78 is 0. The fraction of sp³-hybridized carbons (Fsp3) is 0.500. The maximum absolute atomic E-state index is 10.9. The third kappa shape index (κ3) is 3.37. The molecule has 88 valence electrons. The summed E-state index contributed by atoms with van der Waals surface area (Å²) in [6.07, 6.45) is 0. The Morgan fingerprint density at radius 1 is 1.19 bits per heavy atom. The van der Waals surface area contributed by atoms with E-state index in [1.807, 2.05) is 6.92 Å². The second kappa shape index (κ2) is 4.69. The average molecular weight is 219 g/mol. The van der Waals surface area contributed by atoms with Crippen LogP contribution >= 0.6 is 0 Å². The Kier molecular flexibility index (Phi) is 3.74. The summed E-state index contributed by atoms with van der Waals surface area (Å²) in [5, 5.41) is 2.88. The van der Waals surface area contributed by atoms with E-state index in [0.717, 1.165) is 5.56 Å². The molecule has 1 rings (SSSR count). The molecule has 0 heterocycles. The van der Waals surface area contributed by atoms with E-state index in [0.29, 0.717) is 0 Å². The summed E-state index contributed by atoms with van der Waals surface area (Å²) in [4.78, 5) is 10.9. The fourth-order valence-corrected chi connectivity index (χ4v) is 1.66.